The molecule has 2 unspecified atom stereocenters. The summed E-state index contributed by atoms with van der Waals surface area (Å²) in [6.07, 6.45) is 5.19. The van der Waals surface area contributed by atoms with Gasteiger partial charge in [0.05, 0.1) is 11.2 Å². The number of hydrogen-bond donors (Lipinski definition) is 1. The van der Waals surface area contributed by atoms with Gasteiger partial charge in [-0.25, -0.2) is 0 Å². The van der Waals surface area contributed by atoms with Crippen molar-refractivity contribution in [1.82, 2.24) is 5.32 Å². The highest BCUT2D eigenvalue weighted by Gasteiger charge is 2.28. The molecule has 0 saturated carbocycles. The molecule has 0 fully saturated rings. The van der Waals surface area contributed by atoms with Gasteiger partial charge in [-0.1, -0.05) is 20.3 Å². The highest BCUT2D eigenvalue weighted by atomic mass is 15.0. The molecule has 1 N–H and O–H groups in total. The number of nitrogens with one attached hydrogen (secondary N) is 1. The molecule has 2 atom stereocenters. The van der Waals surface area contributed by atoms with E-state index in [0.717, 1.165) is 5.70 Å². The Labute approximate surface area is 74.8 Å². The molecule has 0 aromatic carbocycles. The van der Waals surface area contributed by atoms with E-state index in [1.54, 1.807) is 0 Å². The van der Waals surface area contributed by atoms with Crippen LogP contribution in [0, 0.1) is 5.92 Å². The average molecular weight is 166 g/mol. The van der Waals surface area contributed by atoms with Crippen molar-refractivity contribution < 1.29 is 0 Å². The molecule has 68 valence electrons. The third kappa shape index (κ3) is 1.68. The van der Waals surface area contributed by atoms with Gasteiger partial charge in [-0.15, -0.1) is 0 Å². The lowest BCUT2D eigenvalue weighted by atomic mass is 9.86. The minimum atomic E-state index is 0.0499. The maximum absolute atomic E-state index is 4.33. The highest BCUT2D eigenvalue weighted by molar-refractivity contribution is 5.72. The van der Waals surface area contributed by atoms with Crippen LogP contribution in [0.1, 0.15) is 34.1 Å². The lowest BCUT2D eigenvalue weighted by molar-refractivity contribution is 0.359. The molecule has 1 rings (SSSR count). The van der Waals surface area contributed by atoms with Gasteiger partial charge < -0.3 is 5.32 Å². The van der Waals surface area contributed by atoms with Gasteiger partial charge in [0.1, 0.15) is 0 Å². The number of aliphatic imine (C=N–C) groups is 1. The van der Waals surface area contributed by atoms with Gasteiger partial charge in [-0.05, 0) is 19.8 Å². The number of rotatable bonds is 2. The van der Waals surface area contributed by atoms with E-state index in [-0.39, 0.29) is 5.54 Å². The zero-order chi connectivity index (χ0) is 9.19. The van der Waals surface area contributed by atoms with Crippen LogP contribution < -0.4 is 5.32 Å². The Bertz CT molecular complexity index is 218. The zero-order valence-electron chi connectivity index (χ0n) is 8.39. The summed E-state index contributed by atoms with van der Waals surface area (Å²) in [6, 6.07) is 0. The topological polar surface area (TPSA) is 24.4 Å². The molecule has 0 bridgehead atoms. The van der Waals surface area contributed by atoms with Crippen molar-refractivity contribution in [3.05, 3.63) is 11.9 Å². The predicted molar refractivity (Wildman–Crippen MR) is 53.2 cm³/mol. The van der Waals surface area contributed by atoms with Crippen LogP contribution in [0.25, 0.3) is 0 Å². The van der Waals surface area contributed by atoms with Gasteiger partial charge in [0.25, 0.3) is 0 Å². The zero-order valence-corrected chi connectivity index (χ0v) is 8.39. The summed E-state index contributed by atoms with van der Waals surface area (Å²) in [5.74, 6) is 0.616. The lowest BCUT2D eigenvalue weighted by Gasteiger charge is -2.34. The molecule has 0 aromatic rings. The maximum atomic E-state index is 4.33. The van der Waals surface area contributed by atoms with Crippen molar-refractivity contribution in [2.24, 2.45) is 10.9 Å². The summed E-state index contributed by atoms with van der Waals surface area (Å²) >= 11 is 0. The van der Waals surface area contributed by atoms with Gasteiger partial charge in [0, 0.05) is 12.4 Å². The second-order valence-corrected chi connectivity index (χ2v) is 3.78. The summed E-state index contributed by atoms with van der Waals surface area (Å²) in [7, 11) is 0. The summed E-state index contributed by atoms with van der Waals surface area (Å²) in [5, 5.41) is 3.38. The third-order valence-electron chi connectivity index (χ3n) is 2.76. The van der Waals surface area contributed by atoms with Gasteiger partial charge in [0.2, 0.25) is 0 Å². The van der Waals surface area contributed by atoms with Gasteiger partial charge >= 0.3 is 0 Å². The number of allylic oxidation sites excluding steroid dienone is 1. The summed E-state index contributed by atoms with van der Waals surface area (Å²) in [5.41, 5.74) is 1.10. The fourth-order valence-electron chi connectivity index (χ4n) is 1.26. The van der Waals surface area contributed by atoms with E-state index in [0.29, 0.717) is 5.92 Å². The van der Waals surface area contributed by atoms with Crippen LogP contribution in [0.4, 0.5) is 0 Å². The Kier molecular flexibility index (Phi) is 2.55. The van der Waals surface area contributed by atoms with E-state index in [1.165, 1.54) is 6.42 Å². The SMILES string of the molecule is CCC(C)C1(C)C=NC(C)=CN1. The Morgan fingerprint density at radius 1 is 1.67 bits per heavy atom. The molecule has 1 aliphatic rings. The normalized spacial score (nSPS) is 30.8. The second kappa shape index (κ2) is 3.30. The molecule has 0 saturated heterocycles. The van der Waals surface area contributed by atoms with Crippen LogP contribution in [-0.4, -0.2) is 11.8 Å². The van der Waals surface area contributed by atoms with Crippen molar-refractivity contribution in [2.75, 3.05) is 0 Å². The predicted octanol–water partition coefficient (Wildman–Crippen LogP) is 2.33. The molecule has 1 aliphatic heterocycles. The molecule has 0 amide bonds. The second-order valence-electron chi connectivity index (χ2n) is 3.78. The molecule has 2 nitrogen and oxygen atoms in total. The number of nitrogens with zero attached hydrogens (tertiary/aromatic N) is 1. The number of hydrogen-bond acceptors (Lipinski definition) is 2. The van der Waals surface area contributed by atoms with E-state index in [9.17, 15) is 0 Å². The van der Waals surface area contributed by atoms with Gasteiger partial charge in [-0.2, -0.15) is 0 Å². The summed E-state index contributed by atoms with van der Waals surface area (Å²) < 4.78 is 0. The first-order valence-electron chi connectivity index (χ1n) is 4.58. The van der Waals surface area contributed by atoms with Crippen LogP contribution >= 0.6 is 0 Å². The molecule has 12 heavy (non-hydrogen) atoms. The molecule has 0 spiro atoms. The van der Waals surface area contributed by atoms with E-state index in [2.05, 4.69) is 31.1 Å². The smallest absolute Gasteiger partial charge is 0.0719 e. The largest absolute Gasteiger partial charge is 0.379 e. The fourth-order valence-corrected chi connectivity index (χ4v) is 1.26. The minimum absolute atomic E-state index is 0.0499. The Morgan fingerprint density at radius 2 is 2.33 bits per heavy atom. The van der Waals surface area contributed by atoms with Crippen molar-refractivity contribution in [2.45, 2.75) is 39.7 Å². The molecule has 0 radical (unpaired) electrons. The molecule has 0 aromatic heterocycles. The lowest BCUT2D eigenvalue weighted by Crippen LogP contribution is -2.48. The van der Waals surface area contributed by atoms with Crippen LogP contribution in [-0.2, 0) is 0 Å². The maximum Gasteiger partial charge on any atom is 0.0719 e. The average Bonchev–Trinajstić information content (AvgIpc) is 2.09. The van der Waals surface area contributed by atoms with E-state index < -0.39 is 0 Å². The molecule has 2 heteroatoms. The highest BCUT2D eigenvalue weighted by Crippen LogP contribution is 2.21. The summed E-state index contributed by atoms with van der Waals surface area (Å²) in [4.78, 5) is 4.33. The molecule has 1 heterocycles. The summed E-state index contributed by atoms with van der Waals surface area (Å²) in [6.45, 7) is 8.64. The van der Waals surface area contributed by atoms with E-state index in [4.69, 9.17) is 0 Å². The van der Waals surface area contributed by atoms with Gasteiger partial charge in [-0.3, -0.25) is 4.99 Å². The van der Waals surface area contributed by atoms with E-state index >= 15 is 0 Å². The van der Waals surface area contributed by atoms with Crippen molar-refractivity contribution in [1.29, 1.82) is 0 Å². The minimum Gasteiger partial charge on any atom is -0.379 e. The first-order chi connectivity index (χ1) is 5.58. The van der Waals surface area contributed by atoms with Crippen molar-refractivity contribution in [3.8, 4) is 0 Å². The Balaban J connectivity index is 2.71. The third-order valence-corrected chi connectivity index (χ3v) is 2.76. The van der Waals surface area contributed by atoms with E-state index in [1.807, 2.05) is 19.3 Å². The first kappa shape index (κ1) is 9.30. The standard InChI is InChI=1S/C10H18N2/c1-5-8(2)10(4)7-11-9(3)6-12-10/h6-8,12H,5H2,1-4H3. The monoisotopic (exact) mass is 166 g/mol. The van der Waals surface area contributed by atoms with Crippen molar-refractivity contribution in [3.63, 3.8) is 0 Å². The van der Waals surface area contributed by atoms with Crippen LogP contribution in [0.5, 0.6) is 0 Å². The molecule has 0 aliphatic carbocycles. The quantitative estimate of drug-likeness (QED) is 0.669. The van der Waals surface area contributed by atoms with Gasteiger partial charge in [0.15, 0.2) is 0 Å². The fraction of sp³-hybridized carbons (Fsp3) is 0.700. The van der Waals surface area contributed by atoms with Crippen LogP contribution in [0.3, 0.4) is 0 Å². The van der Waals surface area contributed by atoms with Crippen molar-refractivity contribution >= 4 is 6.21 Å². The molecular weight excluding hydrogens is 148 g/mol. The van der Waals surface area contributed by atoms with Crippen LogP contribution in [0.2, 0.25) is 0 Å². The van der Waals surface area contributed by atoms with Crippen LogP contribution in [0.15, 0.2) is 16.9 Å². The first-order valence-corrected chi connectivity index (χ1v) is 4.58. The Morgan fingerprint density at radius 3 is 2.75 bits per heavy atom. The molecular formula is C10H18N2. The Hall–Kier alpha value is -0.790.